The third-order valence-corrected chi connectivity index (χ3v) is 2.76. The van der Waals surface area contributed by atoms with Crippen molar-refractivity contribution in [3.8, 4) is 0 Å². The van der Waals surface area contributed by atoms with Gasteiger partial charge in [-0.25, -0.2) is 0 Å². The molecule has 0 radical (unpaired) electrons. The van der Waals surface area contributed by atoms with Crippen LogP contribution in [0.1, 0.15) is 33.1 Å². The third-order valence-electron chi connectivity index (χ3n) is 2.76. The quantitative estimate of drug-likeness (QED) is 0.467. The van der Waals surface area contributed by atoms with Crippen LogP contribution < -0.4 is 116 Å². The van der Waals surface area contributed by atoms with Gasteiger partial charge in [-0.2, -0.15) is 18.1 Å². The van der Waals surface area contributed by atoms with Gasteiger partial charge in [0.1, 0.15) is 0 Å². The first-order valence-electron chi connectivity index (χ1n) is 5.18. The molecular weight excluding hydrogens is 331 g/mol. The van der Waals surface area contributed by atoms with Crippen molar-refractivity contribution < 1.29 is 121 Å². The van der Waals surface area contributed by atoms with Gasteiger partial charge < -0.3 is 4.74 Å². The first-order valence-corrected chi connectivity index (χ1v) is 5.18. The van der Waals surface area contributed by atoms with E-state index in [0.29, 0.717) is 5.92 Å². The van der Waals surface area contributed by atoms with Gasteiger partial charge in [0.25, 0.3) is 0 Å². The van der Waals surface area contributed by atoms with Gasteiger partial charge in [0.2, 0.25) is 0 Å². The van der Waals surface area contributed by atoms with E-state index in [2.05, 4.69) is 26.3 Å². The van der Waals surface area contributed by atoms with E-state index in [9.17, 15) is 0 Å². The molecule has 72 valence electrons. The molecule has 3 heteroatoms. The molecule has 1 heterocycles. The van der Waals surface area contributed by atoms with Gasteiger partial charge >= 0.3 is 116 Å². The maximum atomic E-state index is 5.74. The molecule has 0 N–H and O–H groups in total. The Labute approximate surface area is 191 Å². The molecular formula is C12H17ORb2+. The Balaban J connectivity index is 0.000000980. The second-order valence-corrected chi connectivity index (χ2v) is 4.05. The van der Waals surface area contributed by atoms with E-state index >= 15 is 0 Å². The summed E-state index contributed by atoms with van der Waals surface area (Å²) in [6.07, 6.45) is 8.05. The van der Waals surface area contributed by atoms with Crippen LogP contribution in [0.2, 0.25) is 0 Å². The van der Waals surface area contributed by atoms with Crippen molar-refractivity contribution >= 4 is 0 Å². The molecule has 0 aromatic carbocycles. The molecule has 0 spiro atoms. The Morgan fingerprint density at radius 1 is 1.33 bits per heavy atom. The van der Waals surface area contributed by atoms with Gasteiger partial charge in [-0.3, -0.25) is 0 Å². The van der Waals surface area contributed by atoms with Crippen molar-refractivity contribution in [1.29, 1.82) is 0 Å². The van der Waals surface area contributed by atoms with E-state index in [-0.39, 0.29) is 116 Å². The summed E-state index contributed by atoms with van der Waals surface area (Å²) in [5.74, 6) is 1.82. The minimum absolute atomic E-state index is 0. The maximum absolute atomic E-state index is 5.74. The molecule has 2 aliphatic rings. The zero-order chi connectivity index (χ0) is 9.26. The molecule has 0 aromatic rings. The van der Waals surface area contributed by atoms with Crippen LogP contribution in [0.4, 0.5) is 0 Å². The number of hydrogen-bond donors (Lipinski definition) is 0. The molecule has 0 saturated carbocycles. The van der Waals surface area contributed by atoms with Crippen LogP contribution in [0.3, 0.4) is 0 Å². The van der Waals surface area contributed by atoms with Crippen LogP contribution in [0.15, 0.2) is 23.0 Å². The fraction of sp³-hybridized carbons (Fsp3) is 0.583. The standard InChI is InChI=1S/C12H17O.2Rb/c1-9(2)11-7-3-5-10-6-4-8-13-12(10)11;;/h5-6,9H,3-4,7-8H2,1-2H3;;/q-1;2*+1. The van der Waals surface area contributed by atoms with Crippen molar-refractivity contribution in [1.82, 2.24) is 0 Å². The molecule has 0 atom stereocenters. The zero-order valence-electron chi connectivity index (χ0n) is 10.5. The first-order chi connectivity index (χ1) is 6.29. The number of allylic oxidation sites excluding steroid dienone is 3. The maximum Gasteiger partial charge on any atom is 1.00 e. The molecule has 0 unspecified atom stereocenters. The Bertz CT molecular complexity index is 267. The fourth-order valence-electron chi connectivity index (χ4n) is 2.05. The summed E-state index contributed by atoms with van der Waals surface area (Å²) in [6.45, 7) is 5.37. The zero-order valence-corrected chi connectivity index (χ0v) is 20.3. The Hall–Kier alpha value is 2.76. The molecule has 1 saturated heterocycles. The van der Waals surface area contributed by atoms with E-state index in [4.69, 9.17) is 4.74 Å². The molecule has 0 aromatic heterocycles. The molecule has 1 nitrogen and oxygen atoms in total. The van der Waals surface area contributed by atoms with E-state index in [1.54, 1.807) is 0 Å². The van der Waals surface area contributed by atoms with Crippen molar-refractivity contribution in [3.63, 3.8) is 0 Å². The van der Waals surface area contributed by atoms with Gasteiger partial charge in [-0.1, -0.05) is 25.8 Å². The summed E-state index contributed by atoms with van der Waals surface area (Å²) < 4.78 is 5.74. The second kappa shape index (κ2) is 8.79. The number of ether oxygens (including phenoxy) is 1. The largest absolute Gasteiger partial charge is 1.00 e. The Morgan fingerprint density at radius 2 is 2.07 bits per heavy atom. The van der Waals surface area contributed by atoms with E-state index in [1.807, 2.05) is 0 Å². The predicted octanol–water partition coefficient (Wildman–Crippen LogP) is -2.75. The third kappa shape index (κ3) is 4.74. The molecule has 1 fully saturated rings. The smallest absolute Gasteiger partial charge is 0.551 e. The minimum Gasteiger partial charge on any atom is -0.551 e. The number of rotatable bonds is 1. The summed E-state index contributed by atoms with van der Waals surface area (Å²) in [6, 6.07) is 0. The average molecular weight is 348 g/mol. The monoisotopic (exact) mass is 347 g/mol. The minimum atomic E-state index is 0. The van der Waals surface area contributed by atoms with Crippen molar-refractivity contribution in [2.45, 2.75) is 33.1 Å². The van der Waals surface area contributed by atoms with Crippen LogP contribution in [-0.2, 0) is 4.74 Å². The summed E-state index contributed by atoms with van der Waals surface area (Å²) in [4.78, 5) is 0. The van der Waals surface area contributed by atoms with E-state index in [0.717, 1.165) is 13.0 Å². The fourth-order valence-corrected chi connectivity index (χ4v) is 2.05. The summed E-state index contributed by atoms with van der Waals surface area (Å²) in [5.41, 5.74) is 2.86. The topological polar surface area (TPSA) is 9.23 Å². The van der Waals surface area contributed by atoms with Gasteiger partial charge in [0, 0.05) is 5.76 Å². The van der Waals surface area contributed by atoms with Crippen molar-refractivity contribution in [3.05, 3.63) is 29.4 Å². The van der Waals surface area contributed by atoms with Gasteiger partial charge in [0.05, 0.1) is 6.61 Å². The summed E-state index contributed by atoms with van der Waals surface area (Å²) in [5, 5.41) is 0. The second-order valence-electron chi connectivity index (χ2n) is 4.05. The van der Waals surface area contributed by atoms with Gasteiger partial charge in [-0.15, -0.1) is 0 Å². The van der Waals surface area contributed by atoms with Crippen molar-refractivity contribution in [2.24, 2.45) is 5.92 Å². The van der Waals surface area contributed by atoms with Crippen LogP contribution >= 0.6 is 0 Å². The van der Waals surface area contributed by atoms with E-state index in [1.165, 1.54) is 29.7 Å². The molecule has 1 aliphatic heterocycles. The van der Waals surface area contributed by atoms with Gasteiger partial charge in [-0.05, 0) is 18.8 Å². The van der Waals surface area contributed by atoms with Crippen LogP contribution in [0.25, 0.3) is 0 Å². The van der Waals surface area contributed by atoms with Crippen LogP contribution in [-0.4, -0.2) is 6.61 Å². The summed E-state index contributed by atoms with van der Waals surface area (Å²) >= 11 is 0. The Morgan fingerprint density at radius 3 is 2.73 bits per heavy atom. The molecule has 1 aliphatic carbocycles. The predicted molar refractivity (Wildman–Crippen MR) is 54.1 cm³/mol. The molecule has 15 heavy (non-hydrogen) atoms. The number of hydrogen-bond acceptors (Lipinski definition) is 1. The Kier molecular flexibility index (Phi) is 10.4. The molecule has 2 rings (SSSR count). The van der Waals surface area contributed by atoms with Gasteiger partial charge in [0.15, 0.2) is 0 Å². The molecule has 0 bridgehead atoms. The summed E-state index contributed by atoms with van der Waals surface area (Å²) in [7, 11) is 0. The molecule has 0 amide bonds. The average Bonchev–Trinajstić information content (AvgIpc) is 2.17. The SMILES string of the molecule is CC(C)C1=C2OCC[CH-]C2=CCC1.[Rb+].[Rb+]. The van der Waals surface area contributed by atoms with Crippen LogP contribution in [0, 0.1) is 12.3 Å². The normalized spacial score (nSPS) is 19.0. The number of fused-ring (bicyclic) bond motifs is 1. The first kappa shape index (κ1) is 17.8. The van der Waals surface area contributed by atoms with Crippen molar-refractivity contribution in [2.75, 3.05) is 6.61 Å². The van der Waals surface area contributed by atoms with E-state index < -0.39 is 0 Å². The van der Waals surface area contributed by atoms with Crippen LogP contribution in [0.5, 0.6) is 0 Å².